The molecule has 1 aliphatic carbocycles. The quantitative estimate of drug-likeness (QED) is 0.190. The third kappa shape index (κ3) is 5.50. The first-order valence-corrected chi connectivity index (χ1v) is 16.0. The van der Waals surface area contributed by atoms with E-state index in [1.165, 1.54) is 32.8 Å². The normalized spacial score (nSPS) is 20.1. The molecule has 2 aliphatic heterocycles. The minimum Gasteiger partial charge on any atom is -0.508 e. The average Bonchev–Trinajstić information content (AvgIpc) is 3.31. The molecule has 2 atom stereocenters. The monoisotopic (exact) mass is 585 g/mol. The Kier molecular flexibility index (Phi) is 7.92. The number of aromatic hydroxyl groups is 1. The van der Waals surface area contributed by atoms with Crippen molar-refractivity contribution in [3.8, 4) is 5.75 Å². The SMILES string of the molecule is O=C1c2ccccc2C(=O)N1CCCCN1CCN(c2ccc([C@@H]3c4ccc(O)cc4CC[C@@H]3c3ccccc3)cc2)CC1. The van der Waals surface area contributed by atoms with Gasteiger partial charge in [0.15, 0.2) is 0 Å². The number of imide groups is 1. The Labute approximate surface area is 259 Å². The molecular formula is C38H39N3O3. The van der Waals surface area contributed by atoms with E-state index in [2.05, 4.69) is 70.5 Å². The van der Waals surface area contributed by atoms with Crippen LogP contribution in [0.3, 0.4) is 0 Å². The summed E-state index contributed by atoms with van der Waals surface area (Å²) in [5, 5.41) is 10.1. The molecule has 4 aromatic carbocycles. The van der Waals surface area contributed by atoms with Gasteiger partial charge in [-0.3, -0.25) is 19.4 Å². The number of carbonyl (C=O) groups excluding carboxylic acids is 2. The molecule has 4 aromatic rings. The van der Waals surface area contributed by atoms with Crippen LogP contribution in [-0.4, -0.2) is 66.0 Å². The molecule has 6 nitrogen and oxygen atoms in total. The lowest BCUT2D eigenvalue weighted by atomic mass is 9.69. The van der Waals surface area contributed by atoms with E-state index in [-0.39, 0.29) is 17.7 Å². The topological polar surface area (TPSA) is 64.1 Å². The van der Waals surface area contributed by atoms with Crippen LogP contribution in [0.15, 0.2) is 97.1 Å². The first-order chi connectivity index (χ1) is 21.6. The molecule has 1 saturated heterocycles. The second-order valence-electron chi connectivity index (χ2n) is 12.4. The Morgan fingerprint density at radius 2 is 1.34 bits per heavy atom. The lowest BCUT2D eigenvalue weighted by Gasteiger charge is -2.37. The number of phenols is 1. The van der Waals surface area contributed by atoms with Crippen LogP contribution < -0.4 is 4.90 Å². The van der Waals surface area contributed by atoms with Crippen LogP contribution in [0.4, 0.5) is 5.69 Å². The fourth-order valence-corrected chi connectivity index (χ4v) is 7.45. The number of rotatable bonds is 8. The third-order valence-corrected chi connectivity index (χ3v) is 9.79. The molecule has 3 aliphatic rings. The smallest absolute Gasteiger partial charge is 0.261 e. The predicted molar refractivity (Wildman–Crippen MR) is 174 cm³/mol. The number of nitrogens with zero attached hydrogens (tertiary/aromatic N) is 3. The van der Waals surface area contributed by atoms with Crippen molar-refractivity contribution in [3.05, 3.63) is 130 Å². The summed E-state index contributed by atoms with van der Waals surface area (Å²) in [6.07, 6.45) is 3.82. The highest BCUT2D eigenvalue weighted by molar-refractivity contribution is 6.21. The molecule has 7 rings (SSSR count). The minimum absolute atomic E-state index is 0.159. The first-order valence-electron chi connectivity index (χ1n) is 16.0. The molecule has 0 saturated carbocycles. The van der Waals surface area contributed by atoms with E-state index in [0.717, 1.165) is 58.4 Å². The van der Waals surface area contributed by atoms with E-state index in [0.29, 0.717) is 29.3 Å². The van der Waals surface area contributed by atoms with Gasteiger partial charge in [0.05, 0.1) is 11.1 Å². The third-order valence-electron chi connectivity index (χ3n) is 9.79. The van der Waals surface area contributed by atoms with Gasteiger partial charge in [-0.1, -0.05) is 60.7 Å². The summed E-state index contributed by atoms with van der Waals surface area (Å²) in [6, 6.07) is 33.0. The van der Waals surface area contributed by atoms with Gasteiger partial charge in [-0.15, -0.1) is 0 Å². The molecule has 44 heavy (non-hydrogen) atoms. The molecule has 224 valence electrons. The number of phenolic OH excluding ortho intramolecular Hbond substituents is 1. The molecule has 2 heterocycles. The Balaban J connectivity index is 0.948. The standard InChI is InChI=1S/C38H39N3O3/c42-31-17-19-33-29(26-31)14-18-32(27-8-2-1-3-9-27)36(33)28-12-15-30(16-13-28)40-24-22-39(23-25-40)20-6-7-21-41-37(43)34-10-4-5-11-35(34)38(41)44/h1-5,8-13,15-17,19,26,32,36,42H,6-7,14,18,20-25H2/t32-,36+/m1/s1. The maximum Gasteiger partial charge on any atom is 0.261 e. The number of carbonyl (C=O) groups is 2. The van der Waals surface area contributed by atoms with Crippen molar-refractivity contribution in [2.24, 2.45) is 0 Å². The summed E-state index contributed by atoms with van der Waals surface area (Å²) in [6.45, 7) is 5.43. The molecule has 1 fully saturated rings. The van der Waals surface area contributed by atoms with Gasteiger partial charge in [0.2, 0.25) is 0 Å². The van der Waals surface area contributed by atoms with Gasteiger partial charge in [0.1, 0.15) is 5.75 Å². The average molecular weight is 586 g/mol. The number of hydrogen-bond donors (Lipinski definition) is 1. The zero-order valence-electron chi connectivity index (χ0n) is 25.1. The second kappa shape index (κ2) is 12.3. The van der Waals surface area contributed by atoms with Crippen LogP contribution in [0.1, 0.15) is 74.1 Å². The molecular weight excluding hydrogens is 546 g/mol. The van der Waals surface area contributed by atoms with Crippen molar-refractivity contribution < 1.29 is 14.7 Å². The summed E-state index contributed by atoms with van der Waals surface area (Å²) >= 11 is 0. The van der Waals surface area contributed by atoms with Crippen LogP contribution in [0.2, 0.25) is 0 Å². The van der Waals surface area contributed by atoms with Crippen LogP contribution in [0, 0.1) is 0 Å². The Morgan fingerprint density at radius 1 is 0.682 bits per heavy atom. The van der Waals surface area contributed by atoms with E-state index in [9.17, 15) is 14.7 Å². The zero-order valence-corrected chi connectivity index (χ0v) is 25.1. The number of unbranched alkanes of at least 4 members (excludes halogenated alkanes) is 1. The lowest BCUT2D eigenvalue weighted by Crippen LogP contribution is -2.46. The molecule has 1 N–H and O–H groups in total. The number of amides is 2. The van der Waals surface area contributed by atoms with E-state index in [4.69, 9.17) is 0 Å². The summed E-state index contributed by atoms with van der Waals surface area (Å²) in [5.41, 5.74) is 7.60. The van der Waals surface area contributed by atoms with Crippen molar-refractivity contribution in [3.63, 3.8) is 0 Å². The number of aryl methyl sites for hydroxylation is 1. The maximum absolute atomic E-state index is 12.6. The number of piperazine rings is 1. The van der Waals surface area contributed by atoms with E-state index in [1.807, 2.05) is 24.3 Å². The second-order valence-corrected chi connectivity index (χ2v) is 12.4. The van der Waals surface area contributed by atoms with Gasteiger partial charge in [0.25, 0.3) is 11.8 Å². The van der Waals surface area contributed by atoms with Gasteiger partial charge in [-0.25, -0.2) is 0 Å². The van der Waals surface area contributed by atoms with Crippen molar-refractivity contribution >= 4 is 17.5 Å². The van der Waals surface area contributed by atoms with E-state index < -0.39 is 0 Å². The Morgan fingerprint density at radius 3 is 2.05 bits per heavy atom. The summed E-state index contributed by atoms with van der Waals surface area (Å²) in [5.74, 6) is 0.686. The fraction of sp³-hybridized carbons (Fsp3) is 0.316. The Bertz CT molecular complexity index is 1610. The fourth-order valence-electron chi connectivity index (χ4n) is 7.45. The molecule has 0 bridgehead atoms. The molecule has 6 heteroatoms. The van der Waals surface area contributed by atoms with Crippen molar-refractivity contribution in [2.75, 3.05) is 44.2 Å². The number of benzene rings is 4. The zero-order chi connectivity index (χ0) is 30.0. The van der Waals surface area contributed by atoms with E-state index in [1.54, 1.807) is 12.1 Å². The van der Waals surface area contributed by atoms with Crippen molar-refractivity contribution in [1.29, 1.82) is 0 Å². The van der Waals surface area contributed by atoms with Crippen molar-refractivity contribution in [2.45, 2.75) is 37.5 Å². The number of fused-ring (bicyclic) bond motifs is 2. The lowest BCUT2D eigenvalue weighted by molar-refractivity contribution is 0.0650. The molecule has 0 unspecified atom stereocenters. The minimum atomic E-state index is -0.159. The van der Waals surface area contributed by atoms with Gasteiger partial charge in [-0.05, 0) is 96.8 Å². The van der Waals surface area contributed by atoms with Gasteiger partial charge >= 0.3 is 0 Å². The van der Waals surface area contributed by atoms with Crippen LogP contribution >= 0.6 is 0 Å². The van der Waals surface area contributed by atoms with Crippen LogP contribution in [-0.2, 0) is 6.42 Å². The number of anilines is 1. The highest BCUT2D eigenvalue weighted by Gasteiger charge is 2.35. The predicted octanol–water partition coefficient (Wildman–Crippen LogP) is 6.45. The van der Waals surface area contributed by atoms with Crippen molar-refractivity contribution in [1.82, 2.24) is 9.80 Å². The summed E-state index contributed by atoms with van der Waals surface area (Å²) in [4.78, 5) is 31.6. The largest absolute Gasteiger partial charge is 0.508 e. The Hall–Kier alpha value is -4.42. The molecule has 0 aromatic heterocycles. The van der Waals surface area contributed by atoms with Gasteiger partial charge in [0, 0.05) is 44.3 Å². The van der Waals surface area contributed by atoms with E-state index >= 15 is 0 Å². The van der Waals surface area contributed by atoms with Gasteiger partial charge in [-0.2, -0.15) is 0 Å². The van der Waals surface area contributed by atoms with Gasteiger partial charge < -0.3 is 10.0 Å². The maximum atomic E-state index is 12.6. The summed E-state index contributed by atoms with van der Waals surface area (Å²) in [7, 11) is 0. The highest BCUT2D eigenvalue weighted by atomic mass is 16.3. The highest BCUT2D eigenvalue weighted by Crippen LogP contribution is 2.47. The summed E-state index contributed by atoms with van der Waals surface area (Å²) < 4.78 is 0. The van der Waals surface area contributed by atoms with Crippen LogP contribution in [0.25, 0.3) is 0 Å². The number of hydrogen-bond acceptors (Lipinski definition) is 5. The molecule has 0 spiro atoms. The molecule has 2 amide bonds. The molecule has 0 radical (unpaired) electrons. The van der Waals surface area contributed by atoms with Crippen LogP contribution in [0.5, 0.6) is 5.75 Å². The first kappa shape index (κ1) is 28.4.